The number of thioether (sulfide) groups is 1. The molecule has 13 nitrogen and oxygen atoms in total. The van der Waals surface area contributed by atoms with Gasteiger partial charge in [-0.2, -0.15) is 5.10 Å². The van der Waals surface area contributed by atoms with Crippen LogP contribution in [0.4, 0.5) is 5.69 Å². The Morgan fingerprint density at radius 3 is 2.57 bits per heavy atom. The van der Waals surface area contributed by atoms with Gasteiger partial charge < -0.3 is 24.3 Å². The van der Waals surface area contributed by atoms with Crippen molar-refractivity contribution in [2.45, 2.75) is 18.4 Å². The van der Waals surface area contributed by atoms with E-state index in [-0.39, 0.29) is 29.7 Å². The largest absolute Gasteiger partial charge is 0.504 e. The van der Waals surface area contributed by atoms with Gasteiger partial charge in [0.1, 0.15) is 11.5 Å². The summed E-state index contributed by atoms with van der Waals surface area (Å²) in [5, 5.41) is 26.5. The van der Waals surface area contributed by atoms with Crippen molar-refractivity contribution in [2.24, 2.45) is 15.3 Å². The fraction of sp³-hybridized carbons (Fsp3) is 0.125. The second kappa shape index (κ2) is 14.8. The van der Waals surface area contributed by atoms with Crippen molar-refractivity contribution in [3.63, 3.8) is 0 Å². The topological polar surface area (TPSA) is 186 Å². The molecule has 4 aromatic rings. The molecule has 0 spiro atoms. The van der Waals surface area contributed by atoms with Gasteiger partial charge in [-0.1, -0.05) is 18.2 Å². The zero-order valence-electron chi connectivity index (χ0n) is 24.9. The molecule has 0 aliphatic carbocycles. The fourth-order valence-electron chi connectivity index (χ4n) is 4.25. The molecule has 1 aliphatic rings. The minimum Gasteiger partial charge on any atom is -0.504 e. The summed E-state index contributed by atoms with van der Waals surface area (Å²) in [6.45, 7) is 1.96. The van der Waals surface area contributed by atoms with Crippen LogP contribution in [0, 0.1) is 0 Å². The number of amides is 2. The van der Waals surface area contributed by atoms with Crippen LogP contribution in [0.2, 0.25) is 0 Å². The van der Waals surface area contributed by atoms with Gasteiger partial charge in [0.15, 0.2) is 23.3 Å². The standard InChI is InChI=1S/C32H29N5O8S2/c1-2-43-28-16-21(9-14-26(28)38)18-34-36-32-37(19-24-7-5-15-44-24)31(40)29(46-32)17-22-6-3-4-8-27(22)45-20-30(39)35-23-10-12-25(13-11-23)47(33,41)42/h3-18,38H,2,19-20H2,1H3,(H,35,39)(H2,33,41,42)/b29-17-,34-18-,36-32+. The maximum Gasteiger partial charge on any atom is 0.267 e. The molecule has 2 heterocycles. The summed E-state index contributed by atoms with van der Waals surface area (Å²) in [6.07, 6.45) is 4.64. The number of primary sulfonamides is 1. The quantitative estimate of drug-likeness (QED) is 0.110. The van der Waals surface area contributed by atoms with Crippen molar-refractivity contribution >= 4 is 56.7 Å². The molecule has 1 fully saturated rings. The third kappa shape index (κ3) is 8.66. The van der Waals surface area contributed by atoms with Gasteiger partial charge in [-0.3, -0.25) is 14.5 Å². The van der Waals surface area contributed by atoms with Gasteiger partial charge in [-0.15, -0.1) is 5.10 Å². The number of hydrogen-bond donors (Lipinski definition) is 3. The number of carbonyl (C=O) groups is 2. The van der Waals surface area contributed by atoms with E-state index in [2.05, 4.69) is 15.5 Å². The molecular weight excluding hydrogens is 647 g/mol. The van der Waals surface area contributed by atoms with Crippen molar-refractivity contribution < 1.29 is 37.0 Å². The molecule has 4 N–H and O–H groups in total. The monoisotopic (exact) mass is 675 g/mol. The number of anilines is 1. The van der Waals surface area contributed by atoms with Crippen LogP contribution in [0.3, 0.4) is 0 Å². The van der Waals surface area contributed by atoms with Crippen LogP contribution in [-0.2, 0) is 26.2 Å². The van der Waals surface area contributed by atoms with Gasteiger partial charge in [-0.05, 0) is 91.0 Å². The first-order valence-electron chi connectivity index (χ1n) is 14.1. The van der Waals surface area contributed by atoms with Crippen LogP contribution in [0.25, 0.3) is 6.08 Å². The number of furan rings is 1. The van der Waals surface area contributed by atoms with E-state index in [0.717, 1.165) is 11.8 Å². The van der Waals surface area contributed by atoms with Gasteiger partial charge in [0, 0.05) is 11.3 Å². The second-order valence-electron chi connectivity index (χ2n) is 9.81. The lowest BCUT2D eigenvalue weighted by atomic mass is 10.2. The molecule has 0 unspecified atom stereocenters. The molecule has 0 atom stereocenters. The number of phenols is 1. The second-order valence-corrected chi connectivity index (χ2v) is 12.4. The smallest absolute Gasteiger partial charge is 0.267 e. The Labute approximate surface area is 274 Å². The maximum absolute atomic E-state index is 13.6. The molecule has 2 amide bonds. The van der Waals surface area contributed by atoms with Crippen molar-refractivity contribution in [1.29, 1.82) is 0 Å². The molecule has 3 aromatic carbocycles. The highest BCUT2D eigenvalue weighted by atomic mass is 32.2. The minimum atomic E-state index is -3.86. The van der Waals surface area contributed by atoms with E-state index in [0.29, 0.717) is 50.8 Å². The lowest BCUT2D eigenvalue weighted by molar-refractivity contribution is -0.122. The molecule has 0 bridgehead atoms. The Bertz CT molecular complexity index is 1960. The van der Waals surface area contributed by atoms with Crippen molar-refractivity contribution in [3.05, 3.63) is 107 Å². The van der Waals surface area contributed by atoms with E-state index < -0.39 is 15.9 Å². The number of nitrogens with one attached hydrogen (secondary N) is 1. The number of phenolic OH excluding ortho intramolecular Hbond substituents is 1. The van der Waals surface area contributed by atoms with Crippen molar-refractivity contribution in [1.82, 2.24) is 4.90 Å². The van der Waals surface area contributed by atoms with E-state index in [1.807, 2.05) is 6.92 Å². The molecule has 1 aliphatic heterocycles. The average molecular weight is 676 g/mol. The van der Waals surface area contributed by atoms with Crippen molar-refractivity contribution in [2.75, 3.05) is 18.5 Å². The zero-order chi connectivity index (χ0) is 33.4. The molecule has 242 valence electrons. The van der Waals surface area contributed by atoms with E-state index in [4.69, 9.17) is 19.0 Å². The average Bonchev–Trinajstić information content (AvgIpc) is 3.66. The number of amidine groups is 1. The van der Waals surface area contributed by atoms with Crippen LogP contribution in [0.15, 0.2) is 110 Å². The predicted octanol–water partition coefficient (Wildman–Crippen LogP) is 4.56. The highest BCUT2D eigenvalue weighted by molar-refractivity contribution is 8.18. The summed E-state index contributed by atoms with van der Waals surface area (Å²) in [7, 11) is -3.86. The van der Waals surface area contributed by atoms with E-state index >= 15 is 0 Å². The Kier molecular flexibility index (Phi) is 10.4. The first-order chi connectivity index (χ1) is 22.6. The van der Waals surface area contributed by atoms with Gasteiger partial charge >= 0.3 is 0 Å². The number of aromatic hydroxyl groups is 1. The van der Waals surface area contributed by atoms with Crippen LogP contribution < -0.4 is 19.9 Å². The third-order valence-electron chi connectivity index (χ3n) is 6.45. The Morgan fingerprint density at radius 1 is 1.06 bits per heavy atom. The summed E-state index contributed by atoms with van der Waals surface area (Å²) in [5.41, 5.74) is 1.54. The summed E-state index contributed by atoms with van der Waals surface area (Å²) in [6, 6.07) is 20.6. The number of ether oxygens (including phenoxy) is 2. The number of hydrogen-bond acceptors (Lipinski definition) is 11. The third-order valence-corrected chi connectivity index (χ3v) is 8.37. The molecule has 1 aromatic heterocycles. The van der Waals surface area contributed by atoms with Crippen LogP contribution in [0.5, 0.6) is 17.2 Å². The number of sulfonamides is 1. The molecule has 1 saturated heterocycles. The van der Waals surface area contributed by atoms with Gasteiger partial charge in [0.2, 0.25) is 10.0 Å². The van der Waals surface area contributed by atoms with Gasteiger partial charge in [0.05, 0.1) is 35.4 Å². The minimum absolute atomic E-state index is 0.00805. The molecular formula is C32H29N5O8S2. The molecule has 47 heavy (non-hydrogen) atoms. The first kappa shape index (κ1) is 33.0. The fourth-order valence-corrected chi connectivity index (χ4v) is 5.69. The lowest BCUT2D eigenvalue weighted by Gasteiger charge is -2.12. The highest BCUT2D eigenvalue weighted by Gasteiger charge is 2.34. The number of carbonyl (C=O) groups excluding carboxylic acids is 2. The molecule has 5 rings (SSSR count). The number of nitrogens with zero attached hydrogens (tertiary/aromatic N) is 3. The number of benzene rings is 3. The maximum atomic E-state index is 13.6. The Morgan fingerprint density at radius 2 is 1.85 bits per heavy atom. The predicted molar refractivity (Wildman–Crippen MR) is 178 cm³/mol. The van der Waals surface area contributed by atoms with Crippen LogP contribution in [-0.4, -0.2) is 54.8 Å². The molecule has 15 heteroatoms. The SMILES string of the molecule is CCOc1cc(/C=N\N=C2\S/C(=C\c3ccccc3OCC(=O)Nc3ccc(S(N)(=O)=O)cc3)C(=O)N2Cc2ccco2)ccc1O. The van der Waals surface area contributed by atoms with E-state index in [9.17, 15) is 23.1 Å². The highest BCUT2D eigenvalue weighted by Crippen LogP contribution is 2.35. The van der Waals surface area contributed by atoms with Gasteiger partial charge in [-0.25, -0.2) is 13.6 Å². The number of rotatable bonds is 12. The summed E-state index contributed by atoms with van der Waals surface area (Å²) < 4.78 is 39.6. The summed E-state index contributed by atoms with van der Waals surface area (Å²) in [5.74, 6) is 0.405. The first-order valence-corrected chi connectivity index (χ1v) is 16.4. The number of nitrogens with two attached hydrogens (primary N) is 1. The molecule has 0 radical (unpaired) electrons. The number of para-hydroxylation sites is 1. The summed E-state index contributed by atoms with van der Waals surface area (Å²) in [4.78, 5) is 27.8. The summed E-state index contributed by atoms with van der Waals surface area (Å²) >= 11 is 1.11. The zero-order valence-corrected chi connectivity index (χ0v) is 26.5. The molecule has 0 saturated carbocycles. The van der Waals surface area contributed by atoms with Crippen LogP contribution in [0.1, 0.15) is 23.8 Å². The van der Waals surface area contributed by atoms with Crippen molar-refractivity contribution in [3.8, 4) is 17.2 Å². The Balaban J connectivity index is 1.32. The lowest BCUT2D eigenvalue weighted by Crippen LogP contribution is -2.28. The Hall–Kier alpha value is -5.38. The van der Waals surface area contributed by atoms with E-state index in [1.54, 1.807) is 54.6 Å². The normalized spacial score (nSPS) is 15.1. The van der Waals surface area contributed by atoms with E-state index in [1.165, 1.54) is 47.7 Å². The van der Waals surface area contributed by atoms with Gasteiger partial charge in [0.25, 0.3) is 11.8 Å². The van der Waals surface area contributed by atoms with Crippen LogP contribution >= 0.6 is 11.8 Å².